The van der Waals surface area contributed by atoms with Crippen molar-refractivity contribution in [2.45, 2.75) is 0 Å². The van der Waals surface area contributed by atoms with Crippen LogP contribution in [0.5, 0.6) is 17.2 Å². The lowest BCUT2D eigenvalue weighted by Gasteiger charge is -2.25. The monoisotopic (exact) mass is 397 g/mol. The molecule has 1 N–H and O–H groups in total. The van der Waals surface area contributed by atoms with Gasteiger partial charge >= 0.3 is 6.09 Å². The van der Waals surface area contributed by atoms with Gasteiger partial charge in [-0.15, -0.1) is 0 Å². The summed E-state index contributed by atoms with van der Waals surface area (Å²) in [6, 6.07) is 11.8. The molecule has 0 unspecified atom stereocenters. The number of nitrogens with one attached hydrogen (secondary N) is 1. The molecule has 2 amide bonds. The van der Waals surface area contributed by atoms with Gasteiger partial charge in [-0.2, -0.15) is 5.10 Å². The number of hydrogen-bond acceptors (Lipinski definition) is 7. The highest BCUT2D eigenvalue weighted by molar-refractivity contribution is 5.95. The van der Waals surface area contributed by atoms with Crippen molar-refractivity contribution in [1.29, 1.82) is 0 Å². The Morgan fingerprint density at radius 1 is 1.07 bits per heavy atom. The molecule has 1 fully saturated rings. The molecule has 150 valence electrons. The number of carbonyl (C=O) groups is 2. The summed E-state index contributed by atoms with van der Waals surface area (Å²) in [6.45, 7) is 2.17. The summed E-state index contributed by atoms with van der Waals surface area (Å²) in [5.74, 6) is 1.15. The third kappa shape index (κ3) is 4.64. The Kier molecular flexibility index (Phi) is 5.57. The molecule has 2 aliphatic heterocycles. The quantitative estimate of drug-likeness (QED) is 0.626. The Morgan fingerprint density at radius 2 is 1.90 bits per heavy atom. The number of nitrogens with zero attached hydrogens (tertiary/aromatic N) is 2. The maximum absolute atomic E-state index is 12.2. The van der Waals surface area contributed by atoms with Crippen LogP contribution in [0.3, 0.4) is 0 Å². The molecule has 0 aromatic heterocycles. The number of morpholine rings is 1. The van der Waals surface area contributed by atoms with E-state index >= 15 is 0 Å². The van der Waals surface area contributed by atoms with Crippen LogP contribution in [0.15, 0.2) is 47.6 Å². The summed E-state index contributed by atoms with van der Waals surface area (Å²) >= 11 is 0. The van der Waals surface area contributed by atoms with E-state index in [1.165, 1.54) is 6.21 Å². The van der Waals surface area contributed by atoms with Crippen molar-refractivity contribution in [2.24, 2.45) is 5.10 Å². The first-order valence-electron chi connectivity index (χ1n) is 9.07. The van der Waals surface area contributed by atoms with Crippen molar-refractivity contribution in [3.8, 4) is 17.2 Å². The second-order valence-electron chi connectivity index (χ2n) is 6.31. The highest BCUT2D eigenvalue weighted by Crippen LogP contribution is 2.32. The van der Waals surface area contributed by atoms with Crippen molar-refractivity contribution in [2.75, 3.05) is 33.1 Å². The molecule has 2 aromatic carbocycles. The molecule has 0 atom stereocenters. The van der Waals surface area contributed by atoms with Crippen LogP contribution in [0, 0.1) is 0 Å². The lowest BCUT2D eigenvalue weighted by Crippen LogP contribution is -2.42. The van der Waals surface area contributed by atoms with Crippen molar-refractivity contribution in [1.82, 2.24) is 10.3 Å². The minimum absolute atomic E-state index is 0.144. The predicted molar refractivity (Wildman–Crippen MR) is 102 cm³/mol. The van der Waals surface area contributed by atoms with Crippen molar-refractivity contribution < 1.29 is 28.5 Å². The second kappa shape index (κ2) is 8.61. The van der Waals surface area contributed by atoms with Crippen LogP contribution >= 0.6 is 0 Å². The van der Waals surface area contributed by atoms with E-state index in [0.29, 0.717) is 54.7 Å². The van der Waals surface area contributed by atoms with Crippen LogP contribution < -0.4 is 19.6 Å². The number of fused-ring (bicyclic) bond motifs is 1. The molecule has 2 aliphatic rings. The maximum atomic E-state index is 12.2. The van der Waals surface area contributed by atoms with Gasteiger partial charge in [0.15, 0.2) is 11.5 Å². The van der Waals surface area contributed by atoms with E-state index in [0.717, 1.165) is 0 Å². The fourth-order valence-corrected chi connectivity index (χ4v) is 2.84. The van der Waals surface area contributed by atoms with Gasteiger partial charge in [-0.25, -0.2) is 10.2 Å². The number of hydrogen-bond donors (Lipinski definition) is 1. The Hall–Kier alpha value is -3.59. The molecule has 9 nitrogen and oxygen atoms in total. The van der Waals surface area contributed by atoms with E-state index in [1.54, 1.807) is 47.4 Å². The predicted octanol–water partition coefficient (Wildman–Crippen LogP) is 2.01. The molecule has 2 aromatic rings. The van der Waals surface area contributed by atoms with E-state index in [9.17, 15) is 9.59 Å². The van der Waals surface area contributed by atoms with Gasteiger partial charge in [0.25, 0.3) is 5.91 Å². The van der Waals surface area contributed by atoms with E-state index in [1.807, 2.05) is 0 Å². The van der Waals surface area contributed by atoms with Crippen LogP contribution in [0.25, 0.3) is 0 Å². The summed E-state index contributed by atoms with van der Waals surface area (Å²) in [7, 11) is 0. The summed E-state index contributed by atoms with van der Waals surface area (Å²) in [4.78, 5) is 26.0. The third-order valence-electron chi connectivity index (χ3n) is 4.35. The van der Waals surface area contributed by atoms with Crippen LogP contribution in [-0.2, 0) is 4.74 Å². The Morgan fingerprint density at radius 3 is 2.76 bits per heavy atom. The molecule has 0 saturated carbocycles. The molecule has 9 heteroatoms. The maximum Gasteiger partial charge on any atom is 0.415 e. The third-order valence-corrected chi connectivity index (χ3v) is 4.35. The summed E-state index contributed by atoms with van der Waals surface area (Å²) < 4.78 is 21.1. The molecule has 2 heterocycles. The van der Waals surface area contributed by atoms with Gasteiger partial charge in [0, 0.05) is 18.7 Å². The summed E-state index contributed by atoms with van der Waals surface area (Å²) in [6.07, 6.45) is 1.05. The smallest absolute Gasteiger partial charge is 0.415 e. The van der Waals surface area contributed by atoms with Crippen LogP contribution in [-0.4, -0.2) is 56.2 Å². The number of rotatable bonds is 4. The van der Waals surface area contributed by atoms with Crippen molar-refractivity contribution in [3.63, 3.8) is 0 Å². The zero-order valence-corrected chi connectivity index (χ0v) is 15.5. The SMILES string of the molecule is O=C(N/N=C\c1cccc(OC(=O)N2CCOCC2)c1)c1ccc2c(c1)OCO2. The van der Waals surface area contributed by atoms with E-state index < -0.39 is 6.09 Å². The topological polar surface area (TPSA) is 98.7 Å². The standard InChI is InChI=1S/C20H19N3O6/c24-19(15-4-5-17-18(11-15)28-13-27-17)22-21-12-14-2-1-3-16(10-14)29-20(25)23-6-8-26-9-7-23/h1-5,10-12H,6-9,13H2,(H,22,24)/b21-12-. The highest BCUT2D eigenvalue weighted by atomic mass is 16.7. The highest BCUT2D eigenvalue weighted by Gasteiger charge is 2.19. The number of benzene rings is 2. The van der Waals surface area contributed by atoms with Crippen molar-refractivity contribution in [3.05, 3.63) is 53.6 Å². The molecular weight excluding hydrogens is 378 g/mol. The minimum Gasteiger partial charge on any atom is -0.454 e. The van der Waals surface area contributed by atoms with Gasteiger partial charge in [-0.3, -0.25) is 4.79 Å². The molecular formula is C20H19N3O6. The average Bonchev–Trinajstić information content (AvgIpc) is 3.22. The zero-order valence-electron chi connectivity index (χ0n) is 15.5. The molecule has 29 heavy (non-hydrogen) atoms. The second-order valence-corrected chi connectivity index (χ2v) is 6.31. The lowest BCUT2D eigenvalue weighted by atomic mass is 10.2. The lowest BCUT2D eigenvalue weighted by molar-refractivity contribution is 0.0416. The van der Waals surface area contributed by atoms with Gasteiger partial charge in [-0.05, 0) is 35.9 Å². The Balaban J connectivity index is 1.34. The molecule has 0 spiro atoms. The largest absolute Gasteiger partial charge is 0.454 e. The fraction of sp³-hybridized carbons (Fsp3) is 0.250. The minimum atomic E-state index is -0.418. The van der Waals surface area contributed by atoms with E-state index in [-0.39, 0.29) is 12.7 Å². The number of carbonyl (C=O) groups excluding carboxylic acids is 2. The zero-order chi connectivity index (χ0) is 20.1. The van der Waals surface area contributed by atoms with Gasteiger partial charge in [-0.1, -0.05) is 12.1 Å². The molecule has 4 rings (SSSR count). The van der Waals surface area contributed by atoms with Gasteiger partial charge in [0.05, 0.1) is 19.4 Å². The number of hydrazone groups is 1. The molecule has 0 radical (unpaired) electrons. The van der Waals surface area contributed by atoms with Gasteiger partial charge < -0.3 is 23.8 Å². The fourth-order valence-electron chi connectivity index (χ4n) is 2.84. The molecule has 1 saturated heterocycles. The van der Waals surface area contributed by atoms with Crippen molar-refractivity contribution >= 4 is 18.2 Å². The molecule has 0 aliphatic carbocycles. The molecule has 0 bridgehead atoms. The normalized spacial score (nSPS) is 15.4. The first kappa shape index (κ1) is 18.8. The van der Waals surface area contributed by atoms with Gasteiger partial charge in [0.1, 0.15) is 5.75 Å². The Labute approximate surface area is 166 Å². The van der Waals surface area contributed by atoms with E-state index in [4.69, 9.17) is 18.9 Å². The first-order valence-corrected chi connectivity index (χ1v) is 9.07. The average molecular weight is 397 g/mol. The van der Waals surface area contributed by atoms with Crippen LogP contribution in [0.4, 0.5) is 4.79 Å². The van der Waals surface area contributed by atoms with E-state index in [2.05, 4.69) is 10.5 Å². The van der Waals surface area contributed by atoms with Gasteiger partial charge in [0.2, 0.25) is 6.79 Å². The first-order chi connectivity index (χ1) is 14.2. The van der Waals surface area contributed by atoms with Crippen LogP contribution in [0.2, 0.25) is 0 Å². The number of ether oxygens (including phenoxy) is 4. The van der Waals surface area contributed by atoms with Crippen LogP contribution in [0.1, 0.15) is 15.9 Å². The summed E-state index contributed by atoms with van der Waals surface area (Å²) in [5.41, 5.74) is 3.53. The Bertz CT molecular complexity index is 940. The summed E-state index contributed by atoms with van der Waals surface area (Å²) in [5, 5.41) is 3.96. The number of amides is 2.